The molecule has 0 amide bonds. The number of aryl methyl sites for hydroxylation is 1. The fraction of sp³-hybridized carbons (Fsp3) is 0.0625. The van der Waals surface area contributed by atoms with Crippen molar-refractivity contribution in [3.63, 3.8) is 0 Å². The van der Waals surface area contributed by atoms with Gasteiger partial charge in [0.05, 0.1) is 0 Å². The van der Waals surface area contributed by atoms with Gasteiger partial charge in [0.15, 0.2) is 5.78 Å². The van der Waals surface area contributed by atoms with Crippen LogP contribution in [0.4, 0.5) is 4.39 Å². The van der Waals surface area contributed by atoms with Gasteiger partial charge in [-0.2, -0.15) is 0 Å². The zero-order chi connectivity index (χ0) is 14.3. The largest absolute Gasteiger partial charge is 0.360 e. The molecular weight excluding hydrogens is 321 g/mol. The van der Waals surface area contributed by atoms with E-state index in [9.17, 15) is 9.18 Å². The molecule has 0 bridgehead atoms. The summed E-state index contributed by atoms with van der Waals surface area (Å²) in [6.45, 7) is 1.98. The minimum absolute atomic E-state index is 0.131. The van der Waals surface area contributed by atoms with Gasteiger partial charge in [0.2, 0.25) is 0 Å². The molecule has 0 fully saturated rings. The van der Waals surface area contributed by atoms with E-state index in [1.54, 1.807) is 6.20 Å². The number of rotatable bonds is 2. The number of hydrogen-bond donors (Lipinski definition) is 1. The molecule has 0 atom stereocenters. The van der Waals surface area contributed by atoms with Crippen molar-refractivity contribution in [2.24, 2.45) is 0 Å². The summed E-state index contributed by atoms with van der Waals surface area (Å²) in [6.07, 6.45) is 1.70. The lowest BCUT2D eigenvalue weighted by Crippen LogP contribution is -2.02. The molecule has 1 heterocycles. The van der Waals surface area contributed by atoms with Gasteiger partial charge in [0.1, 0.15) is 5.82 Å². The summed E-state index contributed by atoms with van der Waals surface area (Å²) in [5.41, 5.74) is 3.05. The fourth-order valence-electron chi connectivity index (χ4n) is 2.24. The highest BCUT2D eigenvalue weighted by Gasteiger charge is 2.17. The number of carbonyl (C=O) groups is 1. The molecule has 0 saturated carbocycles. The Morgan fingerprint density at radius 3 is 2.70 bits per heavy atom. The lowest BCUT2D eigenvalue weighted by atomic mass is 10.0. The van der Waals surface area contributed by atoms with E-state index in [0.29, 0.717) is 15.6 Å². The normalized spacial score (nSPS) is 10.9. The molecule has 1 N–H and O–H groups in total. The second-order valence-corrected chi connectivity index (χ2v) is 5.56. The van der Waals surface area contributed by atoms with Gasteiger partial charge in [-0.3, -0.25) is 4.79 Å². The van der Waals surface area contributed by atoms with Crippen LogP contribution < -0.4 is 0 Å². The van der Waals surface area contributed by atoms with Crippen LogP contribution in [0.2, 0.25) is 0 Å². The molecule has 0 radical (unpaired) electrons. The van der Waals surface area contributed by atoms with Gasteiger partial charge in [-0.05, 0) is 53.2 Å². The Hall–Kier alpha value is -1.94. The molecule has 3 rings (SSSR count). The van der Waals surface area contributed by atoms with Crippen LogP contribution in [0.5, 0.6) is 0 Å². The van der Waals surface area contributed by atoms with Crippen LogP contribution in [-0.2, 0) is 0 Å². The zero-order valence-electron chi connectivity index (χ0n) is 10.7. The standard InChI is InChI=1S/C16H11BrFNO/c1-9-2-5-15-12(6-9)13(8-19-15)16(20)11-4-3-10(18)7-14(11)17/h2-8,19H,1H3. The van der Waals surface area contributed by atoms with Crippen LogP contribution in [-0.4, -0.2) is 10.8 Å². The molecule has 0 saturated heterocycles. The number of fused-ring (bicyclic) bond motifs is 1. The summed E-state index contributed by atoms with van der Waals surface area (Å²) in [6, 6.07) is 9.99. The first-order chi connectivity index (χ1) is 9.56. The minimum atomic E-state index is -0.372. The molecule has 100 valence electrons. The molecule has 0 spiro atoms. The van der Waals surface area contributed by atoms with Gasteiger partial charge in [-0.1, -0.05) is 11.6 Å². The Labute approximate surface area is 123 Å². The molecular formula is C16H11BrFNO. The quantitative estimate of drug-likeness (QED) is 0.683. The van der Waals surface area contributed by atoms with Crippen molar-refractivity contribution in [1.29, 1.82) is 0 Å². The van der Waals surface area contributed by atoms with Gasteiger partial charge in [-0.15, -0.1) is 0 Å². The first-order valence-corrected chi connectivity index (χ1v) is 6.93. The average Bonchev–Trinajstić information content (AvgIpc) is 2.81. The monoisotopic (exact) mass is 331 g/mol. The van der Waals surface area contributed by atoms with Crippen molar-refractivity contribution >= 4 is 32.6 Å². The Balaban J connectivity index is 2.15. The summed E-state index contributed by atoms with van der Waals surface area (Å²) in [5.74, 6) is -0.503. The van der Waals surface area contributed by atoms with E-state index in [0.717, 1.165) is 16.5 Å². The third-order valence-electron chi connectivity index (χ3n) is 3.26. The number of aromatic nitrogens is 1. The maximum Gasteiger partial charge on any atom is 0.196 e. The predicted octanol–water partition coefficient (Wildman–Crippen LogP) is 4.61. The highest BCUT2D eigenvalue weighted by Crippen LogP contribution is 2.26. The number of benzene rings is 2. The smallest absolute Gasteiger partial charge is 0.196 e. The minimum Gasteiger partial charge on any atom is -0.360 e. The highest BCUT2D eigenvalue weighted by atomic mass is 79.9. The van der Waals surface area contributed by atoms with Gasteiger partial charge in [0.25, 0.3) is 0 Å². The van der Waals surface area contributed by atoms with Crippen molar-refractivity contribution in [3.05, 3.63) is 69.6 Å². The van der Waals surface area contributed by atoms with E-state index in [1.807, 2.05) is 25.1 Å². The van der Waals surface area contributed by atoms with Gasteiger partial charge in [-0.25, -0.2) is 4.39 Å². The number of carbonyl (C=O) groups excluding carboxylic acids is 1. The summed E-state index contributed by atoms with van der Waals surface area (Å²) in [7, 11) is 0. The van der Waals surface area contributed by atoms with Gasteiger partial charge < -0.3 is 4.98 Å². The van der Waals surface area contributed by atoms with Gasteiger partial charge >= 0.3 is 0 Å². The highest BCUT2D eigenvalue weighted by molar-refractivity contribution is 9.10. The zero-order valence-corrected chi connectivity index (χ0v) is 12.3. The van der Waals surface area contributed by atoms with Crippen molar-refractivity contribution in [1.82, 2.24) is 4.98 Å². The number of ketones is 1. The molecule has 20 heavy (non-hydrogen) atoms. The summed E-state index contributed by atoms with van der Waals surface area (Å²) < 4.78 is 13.6. The topological polar surface area (TPSA) is 32.9 Å². The number of halogens is 2. The van der Waals surface area contributed by atoms with Crippen molar-refractivity contribution in [2.45, 2.75) is 6.92 Å². The average molecular weight is 332 g/mol. The number of aromatic amines is 1. The SMILES string of the molecule is Cc1ccc2[nH]cc(C(=O)c3ccc(F)cc3Br)c2c1. The molecule has 2 nitrogen and oxygen atoms in total. The second kappa shape index (κ2) is 4.87. The third-order valence-corrected chi connectivity index (χ3v) is 3.91. The number of H-pyrrole nitrogens is 1. The van der Waals surface area contributed by atoms with E-state index in [4.69, 9.17) is 0 Å². The molecule has 0 aliphatic rings. The Kier molecular flexibility index (Phi) is 3.18. The number of nitrogens with one attached hydrogen (secondary N) is 1. The Bertz CT molecular complexity index is 822. The summed E-state index contributed by atoms with van der Waals surface area (Å²) >= 11 is 3.24. The van der Waals surface area contributed by atoms with Crippen LogP contribution >= 0.6 is 15.9 Å². The van der Waals surface area contributed by atoms with Crippen molar-refractivity contribution < 1.29 is 9.18 Å². The van der Waals surface area contributed by atoms with Crippen LogP contribution in [0.15, 0.2) is 47.1 Å². The predicted molar refractivity (Wildman–Crippen MR) is 80.6 cm³/mol. The molecule has 3 aromatic rings. The van der Waals surface area contributed by atoms with Crippen LogP contribution in [0.1, 0.15) is 21.5 Å². The van der Waals surface area contributed by atoms with Crippen LogP contribution in [0, 0.1) is 12.7 Å². The lowest BCUT2D eigenvalue weighted by Gasteiger charge is -2.03. The lowest BCUT2D eigenvalue weighted by molar-refractivity contribution is 0.103. The van der Waals surface area contributed by atoms with Crippen molar-refractivity contribution in [2.75, 3.05) is 0 Å². The Morgan fingerprint density at radius 2 is 1.95 bits per heavy atom. The first-order valence-electron chi connectivity index (χ1n) is 6.14. The maximum absolute atomic E-state index is 13.1. The van der Waals surface area contributed by atoms with E-state index in [-0.39, 0.29) is 11.6 Å². The molecule has 1 aromatic heterocycles. The summed E-state index contributed by atoms with van der Waals surface area (Å²) in [5, 5.41) is 0.881. The van der Waals surface area contributed by atoms with Crippen molar-refractivity contribution in [3.8, 4) is 0 Å². The molecule has 2 aromatic carbocycles. The van der Waals surface area contributed by atoms with E-state index < -0.39 is 0 Å². The maximum atomic E-state index is 13.1. The Morgan fingerprint density at radius 1 is 1.15 bits per heavy atom. The molecule has 4 heteroatoms. The number of hydrogen-bond acceptors (Lipinski definition) is 1. The second-order valence-electron chi connectivity index (χ2n) is 4.70. The van der Waals surface area contributed by atoms with E-state index in [1.165, 1.54) is 18.2 Å². The molecule has 0 unspecified atom stereocenters. The fourth-order valence-corrected chi connectivity index (χ4v) is 2.77. The molecule has 0 aliphatic heterocycles. The van der Waals surface area contributed by atoms with Gasteiger partial charge in [0, 0.05) is 32.7 Å². The van der Waals surface area contributed by atoms with E-state index >= 15 is 0 Å². The molecule has 0 aliphatic carbocycles. The first kappa shape index (κ1) is 13.1. The third kappa shape index (κ3) is 2.16. The van der Waals surface area contributed by atoms with Crippen LogP contribution in [0.3, 0.4) is 0 Å². The van der Waals surface area contributed by atoms with E-state index in [2.05, 4.69) is 20.9 Å². The summed E-state index contributed by atoms with van der Waals surface area (Å²) in [4.78, 5) is 15.7. The van der Waals surface area contributed by atoms with Crippen LogP contribution in [0.25, 0.3) is 10.9 Å².